The number of hydrogen-bond donors (Lipinski definition) is 6. The molecule has 0 saturated heterocycles. The Hall–Kier alpha value is -6.87. The minimum Gasteiger partial charge on any atom is -0.545 e. The van der Waals surface area contributed by atoms with Gasteiger partial charge in [-0.1, -0.05) is 29.3 Å². The molecule has 0 spiro atoms. The molecule has 26 nitrogen and oxygen atoms in total. The normalized spacial score (nSPS) is 13.0. The first-order valence-corrected chi connectivity index (χ1v) is 25.3. The van der Waals surface area contributed by atoms with Crippen molar-refractivity contribution >= 4 is 110 Å². The lowest BCUT2D eigenvalue weighted by Crippen LogP contribution is -2.36. The zero-order chi connectivity index (χ0) is 50.1. The molecule has 32 heteroatoms. The van der Waals surface area contributed by atoms with Crippen LogP contribution in [0.3, 0.4) is 0 Å². The highest BCUT2D eigenvalue weighted by Crippen LogP contribution is 2.52. The number of hydrogen-bond acceptors (Lipinski definition) is 22. The third kappa shape index (κ3) is 9.61. The van der Waals surface area contributed by atoms with E-state index in [2.05, 4.69) is 39.8 Å². The Balaban J connectivity index is 1.25. The van der Waals surface area contributed by atoms with Crippen molar-refractivity contribution < 1.29 is 80.2 Å². The highest BCUT2D eigenvalue weighted by atomic mass is 35.5. The largest absolute Gasteiger partial charge is 0.545 e. The molecule has 4 heterocycles. The molecule has 0 fully saturated rings. The number of nitrogens with zero attached hydrogens (tertiary/aromatic N) is 6. The van der Waals surface area contributed by atoms with E-state index in [1.807, 2.05) is 0 Å². The quantitative estimate of drug-likeness (QED) is 0.0517. The minimum atomic E-state index is -5.40. The molecule has 0 bridgehead atoms. The fourth-order valence-electron chi connectivity index (χ4n) is 6.66. The summed E-state index contributed by atoms with van der Waals surface area (Å²) in [5.74, 6) is -5.99. The summed E-state index contributed by atoms with van der Waals surface area (Å²) in [7, 11) is -18.4. The number of ether oxygens (including phenoxy) is 3. The van der Waals surface area contributed by atoms with Gasteiger partial charge in [0, 0.05) is 17.3 Å². The van der Waals surface area contributed by atoms with Crippen molar-refractivity contribution in [3.63, 3.8) is 0 Å². The number of methoxy groups -OCH3 is 1. The van der Waals surface area contributed by atoms with Crippen molar-refractivity contribution in [1.82, 2.24) is 15.0 Å². The number of nitrogen functional groups attached to an aromatic ring is 1. The van der Waals surface area contributed by atoms with Crippen molar-refractivity contribution in [2.75, 3.05) is 35.8 Å². The molecule has 4 aromatic carbocycles. The van der Waals surface area contributed by atoms with Crippen LogP contribution in [0.5, 0.6) is 28.7 Å². The van der Waals surface area contributed by atoms with E-state index in [1.165, 1.54) is 49.5 Å². The topological polar surface area (TPSA) is 392 Å². The van der Waals surface area contributed by atoms with Crippen LogP contribution >= 0.6 is 23.2 Å². The lowest BCUT2D eigenvalue weighted by Gasteiger charge is -2.24. The summed E-state index contributed by atoms with van der Waals surface area (Å²) < 4.78 is 152. The second-order valence-electron chi connectivity index (χ2n) is 14.2. The van der Waals surface area contributed by atoms with E-state index in [1.54, 1.807) is 0 Å². The maximum Gasteiger partial charge on any atom is 0.444 e. The number of fused-ring (bicyclic) bond motifs is 4. The summed E-state index contributed by atoms with van der Waals surface area (Å²) in [6, 6.07) is 9.81. The van der Waals surface area contributed by atoms with Gasteiger partial charge in [0.15, 0.2) is 48.4 Å². The zero-order valence-corrected chi connectivity index (χ0v) is 39.2. The van der Waals surface area contributed by atoms with E-state index in [4.69, 9.17) is 47.7 Å². The van der Waals surface area contributed by atoms with Crippen molar-refractivity contribution in [3.8, 4) is 34.7 Å². The Morgan fingerprint density at radius 2 is 1.46 bits per heavy atom. The Morgan fingerprint density at radius 3 is 2.09 bits per heavy atom. The second kappa shape index (κ2) is 17.6. The average molecular weight is 1070 g/mol. The molecule has 0 aliphatic carbocycles. The molecule has 2 aliphatic heterocycles. The van der Waals surface area contributed by atoms with Crippen molar-refractivity contribution in [2.24, 2.45) is 9.98 Å². The molecule has 2 aromatic heterocycles. The Bertz CT molecular complexity index is 3850. The molecule has 8 rings (SSSR count). The molecule has 6 aromatic rings. The van der Waals surface area contributed by atoms with E-state index >= 15 is 0 Å². The van der Waals surface area contributed by atoms with Gasteiger partial charge in [-0.3, -0.25) is 13.7 Å². The number of anilines is 5. The van der Waals surface area contributed by atoms with Crippen molar-refractivity contribution in [3.05, 3.63) is 92.8 Å². The molecule has 0 unspecified atom stereocenters. The number of nitrogens with two attached hydrogens (primary N) is 1. The summed E-state index contributed by atoms with van der Waals surface area (Å²) in [6.07, 6.45) is 2.38. The van der Waals surface area contributed by atoms with E-state index in [9.17, 15) is 52.7 Å². The van der Waals surface area contributed by atoms with Gasteiger partial charge in [0.1, 0.15) is 32.1 Å². The number of aromatic carboxylic acids is 1. The van der Waals surface area contributed by atoms with Crippen LogP contribution < -0.4 is 51.0 Å². The number of aromatic nitrogens is 4. The van der Waals surface area contributed by atoms with Gasteiger partial charge >= 0.3 is 28.2 Å². The number of rotatable bonds is 14. The lowest BCUT2D eigenvalue weighted by molar-refractivity contribution is -0.603. The van der Waals surface area contributed by atoms with Crippen LogP contribution in [0.25, 0.3) is 5.95 Å². The molecule has 360 valence electrons. The monoisotopic (exact) mass is 1070 g/mol. The summed E-state index contributed by atoms with van der Waals surface area (Å²) in [5, 5.41) is 15.8. The summed E-state index contributed by atoms with van der Waals surface area (Å²) >= 11 is 13.6. The number of carboxylic acid groups (broad SMARTS) is 1. The van der Waals surface area contributed by atoms with Gasteiger partial charge in [-0.25, -0.2) is 27.2 Å². The van der Waals surface area contributed by atoms with Crippen LogP contribution in [0.2, 0.25) is 10.0 Å². The van der Waals surface area contributed by atoms with Gasteiger partial charge in [-0.05, 0) is 58.9 Å². The summed E-state index contributed by atoms with van der Waals surface area (Å²) in [5.41, 5.74) is 4.36. The maximum absolute atomic E-state index is 13.4. The Kier molecular flexibility index (Phi) is 12.4. The molecule has 2 aliphatic rings. The smallest absolute Gasteiger partial charge is 0.444 e. The highest BCUT2D eigenvalue weighted by molar-refractivity contribution is 7.91. The molecule has 69 heavy (non-hydrogen) atoms. The fraction of sp³-hybridized carbons (Fsp3) is 0.108. The first-order valence-electron chi connectivity index (χ1n) is 18.7. The predicted octanol–water partition coefficient (Wildman–Crippen LogP) is 2.41. The lowest BCUT2D eigenvalue weighted by atomic mass is 10.1. The fourth-order valence-corrected chi connectivity index (χ4v) is 10.3. The van der Waals surface area contributed by atoms with Gasteiger partial charge in [-0.2, -0.15) is 25.3 Å². The van der Waals surface area contributed by atoms with E-state index in [0.29, 0.717) is 0 Å². The number of aryl methyl sites for hydroxylation is 1. The van der Waals surface area contributed by atoms with Crippen LogP contribution in [-0.2, 0) is 44.7 Å². The number of carboxylic acids is 1. The number of benzene rings is 4. The first kappa shape index (κ1) is 48.6. The summed E-state index contributed by atoms with van der Waals surface area (Å²) in [4.78, 5) is 31.3. The van der Waals surface area contributed by atoms with Gasteiger partial charge in [0.05, 0.1) is 54.1 Å². The Morgan fingerprint density at radius 1 is 0.826 bits per heavy atom. The van der Waals surface area contributed by atoms with E-state index in [0.717, 1.165) is 30.0 Å². The van der Waals surface area contributed by atoms with Crippen molar-refractivity contribution in [2.45, 2.75) is 21.6 Å². The van der Waals surface area contributed by atoms with Crippen LogP contribution in [-0.4, -0.2) is 87.7 Å². The SMILES string of the molecule is COc1cc(Nc2nc(Nc3cccc(S(=O)(=O)CCOS(=O)(=O)O)c3)nc(-[n+]3cccc(C(=O)[O-])c3)n2)c(S(=O)(=O)O)c2c1N=c1c(Cl)c3c(c(Cl)c1O2)=Nc1cc(C)c(N)c(S(=O)(=O)O)c1O3. The molecular formula is C37H27Cl2N9O17S4. The van der Waals surface area contributed by atoms with Crippen molar-refractivity contribution in [1.29, 1.82) is 0 Å². The van der Waals surface area contributed by atoms with E-state index < -0.39 is 119 Å². The standard InChI is InChI=1S/C37H27Cl2N9O17S4/c1-15-11-19-28(33(24(15)40)68(56,57)58)64-29-23(39)27-30(22(38)26(29)42-19)65-31-25(44-27)21(62-2)13-20(32(31)67(53,54)55)43-36-45-35(46-37(47-36)48-8-4-5-16(14-48)34(49)50)41-17-6-3-7-18(12-17)66(51,52)10-9-63-69(59,60)61/h3-8,11-14H,9-10H2,1-2H3,(H7-,40,41,42,43,44,45,46,47,49,50,53,54,55,56,57,58,59,60,61). The van der Waals surface area contributed by atoms with Gasteiger partial charge in [0.2, 0.25) is 0 Å². The minimum absolute atomic E-state index is 0.00241. The van der Waals surface area contributed by atoms with Gasteiger partial charge in [-0.15, -0.1) is 4.98 Å². The number of nitrogens with one attached hydrogen (secondary N) is 2. The number of sulfone groups is 1. The molecule has 0 saturated carbocycles. The number of carbonyl (C=O) groups excluding carboxylic acids is 1. The number of halogens is 2. The van der Waals surface area contributed by atoms with E-state index in [-0.39, 0.29) is 61.2 Å². The highest BCUT2D eigenvalue weighted by Gasteiger charge is 2.37. The Labute approximate surface area is 398 Å². The van der Waals surface area contributed by atoms with Gasteiger partial charge < -0.3 is 40.5 Å². The van der Waals surface area contributed by atoms with Gasteiger partial charge in [0.25, 0.3) is 20.2 Å². The first-order chi connectivity index (χ1) is 32.2. The number of carbonyl (C=O) groups is 1. The second-order valence-corrected chi connectivity index (χ2v) is 20.9. The maximum atomic E-state index is 13.4. The number of pyridine rings is 1. The average Bonchev–Trinajstić information content (AvgIpc) is 3.26. The van der Waals surface area contributed by atoms with Crippen LogP contribution in [0.15, 0.2) is 85.6 Å². The third-order valence-corrected chi connectivity index (χ3v) is 14.3. The molecule has 0 amide bonds. The molecular weight excluding hydrogens is 1040 g/mol. The molecule has 0 radical (unpaired) electrons. The molecule has 7 N–H and O–H groups in total. The summed E-state index contributed by atoms with van der Waals surface area (Å²) in [6.45, 7) is 0.515. The predicted molar refractivity (Wildman–Crippen MR) is 235 cm³/mol. The van der Waals surface area contributed by atoms with Crippen LogP contribution in [0.1, 0.15) is 15.9 Å². The third-order valence-electron chi connectivity index (χ3n) is 9.65. The zero-order valence-electron chi connectivity index (χ0n) is 34.4. The van der Waals surface area contributed by atoms with Crippen LogP contribution in [0.4, 0.5) is 40.3 Å². The molecule has 0 atom stereocenters. The van der Waals surface area contributed by atoms with Crippen LogP contribution in [0, 0.1) is 6.92 Å².